The molecular formula is C17H19FN6O. The van der Waals surface area contributed by atoms with Crippen molar-refractivity contribution < 1.29 is 9.13 Å². The lowest BCUT2D eigenvalue weighted by Crippen LogP contribution is -2.29. The summed E-state index contributed by atoms with van der Waals surface area (Å²) in [4.78, 5) is 13.2. The van der Waals surface area contributed by atoms with Gasteiger partial charge in [0.15, 0.2) is 5.65 Å². The molecule has 0 saturated carbocycles. The normalized spacial score (nSPS) is 20.1. The van der Waals surface area contributed by atoms with Gasteiger partial charge in [0.25, 0.3) is 0 Å². The van der Waals surface area contributed by atoms with Gasteiger partial charge in [-0.05, 0) is 19.1 Å². The second-order valence-electron chi connectivity index (χ2n) is 5.86. The SMILES string of the molecule is CCOc1cn2c(-c3cccc(NC4CNCC4F)n3)cnc2cn1. The van der Waals surface area contributed by atoms with Gasteiger partial charge >= 0.3 is 0 Å². The van der Waals surface area contributed by atoms with Crippen molar-refractivity contribution in [2.24, 2.45) is 0 Å². The third-order valence-electron chi connectivity index (χ3n) is 4.15. The average molecular weight is 342 g/mol. The average Bonchev–Trinajstić information content (AvgIpc) is 3.22. The number of aromatic nitrogens is 4. The lowest BCUT2D eigenvalue weighted by Gasteiger charge is -2.15. The van der Waals surface area contributed by atoms with Gasteiger partial charge < -0.3 is 15.4 Å². The Balaban J connectivity index is 1.66. The van der Waals surface area contributed by atoms with Crippen LogP contribution in [0.25, 0.3) is 17.0 Å². The van der Waals surface area contributed by atoms with E-state index in [1.807, 2.05) is 29.5 Å². The van der Waals surface area contributed by atoms with Gasteiger partial charge in [0.2, 0.25) is 5.88 Å². The van der Waals surface area contributed by atoms with Gasteiger partial charge in [-0.2, -0.15) is 0 Å². The summed E-state index contributed by atoms with van der Waals surface area (Å²) in [7, 11) is 0. The van der Waals surface area contributed by atoms with Crippen LogP contribution in [0.1, 0.15) is 6.92 Å². The smallest absolute Gasteiger partial charge is 0.230 e. The van der Waals surface area contributed by atoms with Crippen LogP contribution in [0.2, 0.25) is 0 Å². The number of nitrogens with zero attached hydrogens (tertiary/aromatic N) is 4. The van der Waals surface area contributed by atoms with Crippen molar-refractivity contribution >= 4 is 11.5 Å². The van der Waals surface area contributed by atoms with Gasteiger partial charge in [-0.15, -0.1) is 0 Å². The number of fused-ring (bicyclic) bond motifs is 1. The van der Waals surface area contributed by atoms with Crippen molar-refractivity contribution in [3.8, 4) is 17.3 Å². The number of rotatable bonds is 5. The molecule has 7 nitrogen and oxygen atoms in total. The summed E-state index contributed by atoms with van der Waals surface area (Å²) in [5.74, 6) is 1.17. The molecule has 0 amide bonds. The zero-order valence-corrected chi connectivity index (χ0v) is 13.8. The van der Waals surface area contributed by atoms with Gasteiger partial charge in [-0.3, -0.25) is 4.40 Å². The molecule has 0 bridgehead atoms. The van der Waals surface area contributed by atoms with E-state index in [0.29, 0.717) is 37.0 Å². The Labute approximate surface area is 144 Å². The number of pyridine rings is 1. The number of hydrogen-bond donors (Lipinski definition) is 2. The van der Waals surface area contributed by atoms with Gasteiger partial charge in [-0.1, -0.05) is 6.07 Å². The maximum Gasteiger partial charge on any atom is 0.230 e. The standard InChI is InChI=1S/C17H19FN6O/c1-2-25-17-10-24-14(8-20-16(24)9-21-17)12-4-3-5-15(22-12)23-13-7-19-6-11(13)18/h3-5,8-11,13,19H,2,6-7H2,1H3,(H,22,23). The van der Waals surface area contributed by atoms with E-state index in [1.165, 1.54) is 0 Å². The molecule has 0 aromatic carbocycles. The first kappa shape index (κ1) is 15.8. The quantitative estimate of drug-likeness (QED) is 0.738. The number of anilines is 1. The van der Waals surface area contributed by atoms with Crippen LogP contribution in [0.5, 0.6) is 5.88 Å². The highest BCUT2D eigenvalue weighted by Crippen LogP contribution is 2.22. The molecule has 4 heterocycles. The highest BCUT2D eigenvalue weighted by Gasteiger charge is 2.26. The topological polar surface area (TPSA) is 76.4 Å². The molecule has 4 rings (SSSR count). The molecule has 25 heavy (non-hydrogen) atoms. The summed E-state index contributed by atoms with van der Waals surface area (Å²) < 4.78 is 21.1. The number of alkyl halides is 1. The fourth-order valence-electron chi connectivity index (χ4n) is 2.92. The van der Waals surface area contributed by atoms with Crippen LogP contribution in [-0.2, 0) is 0 Å². The van der Waals surface area contributed by atoms with Gasteiger partial charge in [0.05, 0.1) is 42.6 Å². The number of hydrogen-bond acceptors (Lipinski definition) is 6. The maximum atomic E-state index is 13.8. The van der Waals surface area contributed by atoms with Crippen molar-refractivity contribution in [3.05, 3.63) is 36.8 Å². The van der Waals surface area contributed by atoms with E-state index in [0.717, 1.165) is 11.4 Å². The van der Waals surface area contributed by atoms with Crippen molar-refractivity contribution in [2.45, 2.75) is 19.1 Å². The van der Waals surface area contributed by atoms with E-state index in [9.17, 15) is 4.39 Å². The number of ether oxygens (including phenoxy) is 1. The van der Waals surface area contributed by atoms with Crippen LogP contribution in [0.4, 0.5) is 10.2 Å². The number of halogens is 1. The van der Waals surface area contributed by atoms with Crippen LogP contribution in [0.15, 0.2) is 36.8 Å². The molecule has 130 valence electrons. The molecule has 0 aliphatic carbocycles. The molecule has 1 fully saturated rings. The predicted octanol–water partition coefficient (Wildman–Crippen LogP) is 1.91. The summed E-state index contributed by atoms with van der Waals surface area (Å²) in [6.07, 6.45) is 4.28. The van der Waals surface area contributed by atoms with E-state index in [1.54, 1.807) is 18.6 Å². The van der Waals surface area contributed by atoms with Crippen LogP contribution in [0.3, 0.4) is 0 Å². The molecule has 0 radical (unpaired) electrons. The van der Waals surface area contributed by atoms with Crippen molar-refractivity contribution in [1.82, 2.24) is 24.7 Å². The minimum Gasteiger partial charge on any atom is -0.477 e. The minimum atomic E-state index is -0.916. The van der Waals surface area contributed by atoms with Crippen LogP contribution in [-0.4, -0.2) is 51.3 Å². The largest absolute Gasteiger partial charge is 0.477 e. The Morgan fingerprint density at radius 1 is 1.32 bits per heavy atom. The third kappa shape index (κ3) is 3.12. The first-order valence-corrected chi connectivity index (χ1v) is 8.29. The summed E-state index contributed by atoms with van der Waals surface area (Å²) in [6.45, 7) is 3.41. The molecule has 3 aromatic rings. The number of nitrogens with one attached hydrogen (secondary N) is 2. The van der Waals surface area contributed by atoms with Crippen molar-refractivity contribution in [1.29, 1.82) is 0 Å². The highest BCUT2D eigenvalue weighted by molar-refractivity contribution is 5.61. The van der Waals surface area contributed by atoms with Crippen LogP contribution < -0.4 is 15.4 Å². The van der Waals surface area contributed by atoms with Gasteiger partial charge in [-0.25, -0.2) is 19.3 Å². The summed E-state index contributed by atoms with van der Waals surface area (Å²) >= 11 is 0. The Kier molecular flexibility index (Phi) is 4.19. The van der Waals surface area contributed by atoms with Gasteiger partial charge in [0, 0.05) is 13.1 Å². The second kappa shape index (κ2) is 6.64. The van der Waals surface area contributed by atoms with Crippen molar-refractivity contribution in [2.75, 3.05) is 25.0 Å². The molecule has 8 heteroatoms. The first-order chi connectivity index (χ1) is 12.2. The monoisotopic (exact) mass is 342 g/mol. The predicted molar refractivity (Wildman–Crippen MR) is 92.6 cm³/mol. The maximum absolute atomic E-state index is 13.8. The zero-order chi connectivity index (χ0) is 17.2. The molecule has 0 spiro atoms. The van der Waals surface area contributed by atoms with Crippen molar-refractivity contribution in [3.63, 3.8) is 0 Å². The molecule has 2 N–H and O–H groups in total. The van der Waals surface area contributed by atoms with Crippen LogP contribution in [0, 0.1) is 0 Å². The molecule has 2 atom stereocenters. The van der Waals surface area contributed by atoms with E-state index in [-0.39, 0.29) is 6.04 Å². The fraction of sp³-hybridized carbons (Fsp3) is 0.353. The Hall–Kier alpha value is -2.74. The first-order valence-electron chi connectivity index (χ1n) is 8.29. The van der Waals surface area contributed by atoms with E-state index in [4.69, 9.17) is 4.74 Å². The summed E-state index contributed by atoms with van der Waals surface area (Å²) in [6, 6.07) is 5.36. The minimum absolute atomic E-state index is 0.265. The Bertz CT molecular complexity index is 882. The lowest BCUT2D eigenvalue weighted by molar-refractivity contribution is 0.325. The zero-order valence-electron chi connectivity index (χ0n) is 13.8. The fourth-order valence-corrected chi connectivity index (χ4v) is 2.92. The van der Waals surface area contributed by atoms with E-state index < -0.39 is 6.17 Å². The summed E-state index contributed by atoms with van der Waals surface area (Å²) in [5, 5.41) is 6.18. The second-order valence-corrected chi connectivity index (χ2v) is 5.86. The highest BCUT2D eigenvalue weighted by atomic mass is 19.1. The Morgan fingerprint density at radius 2 is 2.24 bits per heavy atom. The van der Waals surface area contributed by atoms with Crippen LogP contribution >= 0.6 is 0 Å². The molecule has 3 aromatic heterocycles. The van der Waals surface area contributed by atoms with E-state index >= 15 is 0 Å². The molecule has 1 aliphatic rings. The van der Waals surface area contributed by atoms with Gasteiger partial charge in [0.1, 0.15) is 12.0 Å². The molecule has 2 unspecified atom stereocenters. The summed E-state index contributed by atoms with van der Waals surface area (Å²) in [5.41, 5.74) is 2.28. The lowest BCUT2D eigenvalue weighted by atomic mass is 10.2. The molecular weight excluding hydrogens is 323 g/mol. The molecule has 1 saturated heterocycles. The third-order valence-corrected chi connectivity index (χ3v) is 4.15. The molecule has 1 aliphatic heterocycles. The number of imidazole rings is 1. The Morgan fingerprint density at radius 3 is 3.04 bits per heavy atom. The van der Waals surface area contributed by atoms with E-state index in [2.05, 4.69) is 25.6 Å².